The van der Waals surface area contributed by atoms with Crippen molar-refractivity contribution in [3.8, 4) is 51.6 Å². The summed E-state index contributed by atoms with van der Waals surface area (Å²) in [4.78, 5) is 25.4. The van der Waals surface area contributed by atoms with Crippen LogP contribution in [0.2, 0.25) is 0 Å². The molecular weight excluding hydrogens is 460 g/mol. The Balaban J connectivity index is 1.83. The van der Waals surface area contributed by atoms with E-state index in [-0.39, 0.29) is 51.5 Å². The Kier molecular flexibility index (Phi) is 4.94. The highest BCUT2D eigenvalue weighted by Gasteiger charge is 2.35. The smallest absolute Gasteiger partial charge is 0.312 e. The van der Waals surface area contributed by atoms with Crippen LogP contribution in [0.25, 0.3) is 22.3 Å². The molecule has 1 aliphatic rings. The number of hydrogen-bond donors (Lipinski definition) is 5. The zero-order valence-electron chi connectivity index (χ0n) is 18.1. The highest BCUT2D eigenvalue weighted by molar-refractivity contribution is 5.94. The summed E-state index contributed by atoms with van der Waals surface area (Å²) in [7, 11) is 1.39. The fraction of sp³-hybridized carbons (Fsp3) is 0.120. The second-order valence-corrected chi connectivity index (χ2v) is 7.99. The third-order valence-electron chi connectivity index (χ3n) is 5.91. The number of aromatic hydroxyl groups is 5. The van der Waals surface area contributed by atoms with Gasteiger partial charge < -0.3 is 39.4 Å². The van der Waals surface area contributed by atoms with Crippen LogP contribution >= 0.6 is 0 Å². The Hall–Kier alpha value is -4.86. The Morgan fingerprint density at radius 2 is 1.66 bits per heavy atom. The maximum absolute atomic E-state index is 13.1. The van der Waals surface area contributed by atoms with Crippen molar-refractivity contribution in [1.82, 2.24) is 0 Å². The summed E-state index contributed by atoms with van der Waals surface area (Å²) in [5.74, 6) is -4.04. The summed E-state index contributed by atoms with van der Waals surface area (Å²) < 4.78 is 16.3. The van der Waals surface area contributed by atoms with Gasteiger partial charge in [0.25, 0.3) is 0 Å². The summed E-state index contributed by atoms with van der Waals surface area (Å²) in [5.41, 5.74) is -0.322. The van der Waals surface area contributed by atoms with Crippen LogP contribution in [0.5, 0.6) is 40.2 Å². The van der Waals surface area contributed by atoms with Crippen LogP contribution in [0, 0.1) is 0 Å². The molecule has 0 spiro atoms. The number of hydrogen-bond acceptors (Lipinski definition) is 10. The van der Waals surface area contributed by atoms with E-state index in [0.29, 0.717) is 5.56 Å². The average Bonchev–Trinajstić information content (AvgIpc) is 2.82. The molecule has 4 aromatic rings. The Labute approximate surface area is 196 Å². The van der Waals surface area contributed by atoms with Crippen molar-refractivity contribution in [2.24, 2.45) is 0 Å². The molecule has 10 nitrogen and oxygen atoms in total. The molecule has 0 saturated heterocycles. The molecule has 5 N–H and O–H groups in total. The van der Waals surface area contributed by atoms with E-state index in [9.17, 15) is 35.1 Å². The summed E-state index contributed by atoms with van der Waals surface area (Å²) in [6.45, 7) is 0. The Morgan fingerprint density at radius 1 is 0.886 bits per heavy atom. The molecule has 10 heteroatoms. The van der Waals surface area contributed by atoms with Crippen LogP contribution in [-0.2, 0) is 4.79 Å². The minimum absolute atomic E-state index is 0.0556. The predicted octanol–water partition coefficient (Wildman–Crippen LogP) is 3.44. The molecule has 1 aliphatic heterocycles. The maximum Gasteiger partial charge on any atom is 0.312 e. The minimum Gasteiger partial charge on any atom is -0.507 e. The van der Waals surface area contributed by atoms with Gasteiger partial charge in [-0.05, 0) is 35.9 Å². The number of carbonyl (C=O) groups is 1. The summed E-state index contributed by atoms with van der Waals surface area (Å²) >= 11 is 0. The van der Waals surface area contributed by atoms with Crippen molar-refractivity contribution in [2.45, 2.75) is 12.3 Å². The number of phenolic OH excluding ortho intramolecular Hbond substituents is 4. The first-order valence-corrected chi connectivity index (χ1v) is 10.3. The molecule has 1 atom stereocenters. The van der Waals surface area contributed by atoms with E-state index in [1.807, 2.05) is 0 Å². The van der Waals surface area contributed by atoms with Gasteiger partial charge in [0.05, 0.1) is 13.5 Å². The van der Waals surface area contributed by atoms with Crippen LogP contribution in [0.1, 0.15) is 23.5 Å². The van der Waals surface area contributed by atoms with Crippen molar-refractivity contribution < 1.29 is 44.2 Å². The highest BCUT2D eigenvalue weighted by atomic mass is 16.5. The molecule has 0 aliphatic carbocycles. The third-order valence-corrected chi connectivity index (χ3v) is 5.91. The molecule has 1 aromatic heterocycles. The van der Waals surface area contributed by atoms with Crippen molar-refractivity contribution in [3.63, 3.8) is 0 Å². The second kappa shape index (κ2) is 7.87. The van der Waals surface area contributed by atoms with Crippen molar-refractivity contribution in [2.75, 3.05) is 7.11 Å². The number of esters is 1. The second-order valence-electron chi connectivity index (χ2n) is 7.99. The number of carbonyl (C=O) groups excluding carboxylic acids is 1. The van der Waals surface area contributed by atoms with Crippen LogP contribution in [0.4, 0.5) is 0 Å². The lowest BCUT2D eigenvalue weighted by atomic mass is 9.85. The quantitative estimate of drug-likeness (QED) is 0.167. The van der Waals surface area contributed by atoms with Gasteiger partial charge in [0.2, 0.25) is 11.2 Å². The molecule has 0 fully saturated rings. The van der Waals surface area contributed by atoms with Gasteiger partial charge in [-0.2, -0.15) is 0 Å². The summed E-state index contributed by atoms with van der Waals surface area (Å²) in [5, 5.41) is 50.5. The maximum atomic E-state index is 13.1. The van der Waals surface area contributed by atoms with Gasteiger partial charge in [0.1, 0.15) is 22.5 Å². The molecule has 0 radical (unpaired) electrons. The lowest BCUT2D eigenvalue weighted by Crippen LogP contribution is -2.22. The van der Waals surface area contributed by atoms with E-state index >= 15 is 0 Å². The minimum atomic E-state index is -0.956. The third kappa shape index (κ3) is 3.43. The van der Waals surface area contributed by atoms with E-state index in [2.05, 4.69) is 0 Å². The topological polar surface area (TPSA) is 167 Å². The van der Waals surface area contributed by atoms with Gasteiger partial charge >= 0.3 is 5.97 Å². The Morgan fingerprint density at radius 3 is 2.34 bits per heavy atom. The lowest BCUT2D eigenvalue weighted by Gasteiger charge is -2.26. The van der Waals surface area contributed by atoms with E-state index in [4.69, 9.17) is 13.9 Å². The fourth-order valence-electron chi connectivity index (χ4n) is 4.25. The molecule has 0 bridgehead atoms. The SMILES string of the molecule is COc1ccc([C@H]2CC(=O)Oc3cc(O)c4c(=O)c(O)c(-c5ccc(O)c(O)c5)oc4c32)cc1O. The molecule has 0 unspecified atom stereocenters. The van der Waals surface area contributed by atoms with Gasteiger partial charge in [0, 0.05) is 23.1 Å². The van der Waals surface area contributed by atoms with Crippen LogP contribution in [0.3, 0.4) is 0 Å². The fourth-order valence-corrected chi connectivity index (χ4v) is 4.25. The first-order valence-electron chi connectivity index (χ1n) is 10.3. The van der Waals surface area contributed by atoms with Gasteiger partial charge in [-0.25, -0.2) is 0 Å². The number of rotatable bonds is 3. The van der Waals surface area contributed by atoms with E-state index < -0.39 is 40.3 Å². The predicted molar refractivity (Wildman–Crippen MR) is 121 cm³/mol. The largest absolute Gasteiger partial charge is 0.507 e. The first-order chi connectivity index (χ1) is 16.7. The number of fused-ring (bicyclic) bond motifs is 3. The zero-order valence-corrected chi connectivity index (χ0v) is 18.1. The zero-order chi connectivity index (χ0) is 25.0. The van der Waals surface area contributed by atoms with Crippen molar-refractivity contribution in [3.05, 3.63) is 63.8 Å². The van der Waals surface area contributed by atoms with Crippen LogP contribution in [-0.4, -0.2) is 38.6 Å². The molecule has 0 saturated carbocycles. The highest BCUT2D eigenvalue weighted by Crippen LogP contribution is 2.48. The van der Waals surface area contributed by atoms with Gasteiger partial charge in [-0.3, -0.25) is 9.59 Å². The van der Waals surface area contributed by atoms with E-state index in [1.165, 1.54) is 25.3 Å². The van der Waals surface area contributed by atoms with Crippen molar-refractivity contribution in [1.29, 1.82) is 0 Å². The van der Waals surface area contributed by atoms with Gasteiger partial charge in [-0.1, -0.05) is 6.07 Å². The number of phenols is 4. The first kappa shape index (κ1) is 22.0. The molecule has 2 heterocycles. The lowest BCUT2D eigenvalue weighted by molar-refractivity contribution is -0.135. The molecule has 178 valence electrons. The number of benzene rings is 3. The Bertz CT molecular complexity index is 1580. The molecule has 0 amide bonds. The number of ether oxygens (including phenoxy) is 2. The summed E-state index contributed by atoms with van der Waals surface area (Å²) in [6.07, 6.45) is -0.168. The molecule has 35 heavy (non-hydrogen) atoms. The summed E-state index contributed by atoms with van der Waals surface area (Å²) in [6, 6.07) is 9.19. The van der Waals surface area contributed by atoms with Gasteiger partial charge in [0.15, 0.2) is 28.8 Å². The van der Waals surface area contributed by atoms with E-state index in [0.717, 1.165) is 18.2 Å². The van der Waals surface area contributed by atoms with Crippen LogP contribution < -0.4 is 14.9 Å². The van der Waals surface area contributed by atoms with Crippen LogP contribution in [0.15, 0.2) is 51.7 Å². The molecule has 3 aromatic carbocycles. The average molecular weight is 478 g/mol. The normalized spacial score (nSPS) is 15.0. The van der Waals surface area contributed by atoms with Gasteiger partial charge in [-0.15, -0.1) is 0 Å². The number of methoxy groups -OCH3 is 1. The standard InChI is InChI=1S/C25H18O10/c1-33-17-5-3-10(6-15(17)28)12-8-19(30)34-18-9-16(29)21-22(31)23(32)24(35-25(21)20(12)18)11-2-4-13(26)14(27)7-11/h2-7,9,12,26-29,32H,8H2,1H3/t12-/m1/s1. The molecule has 5 rings (SSSR count). The monoisotopic (exact) mass is 478 g/mol. The van der Waals surface area contributed by atoms with E-state index in [1.54, 1.807) is 6.07 Å². The molecular formula is C25H18O10. The van der Waals surface area contributed by atoms with Crippen molar-refractivity contribution >= 4 is 16.9 Å².